The third-order valence-corrected chi connectivity index (χ3v) is 4.55. The Morgan fingerprint density at radius 3 is 2.79 bits per heavy atom. The van der Waals surface area contributed by atoms with Crippen LogP contribution in [0.4, 0.5) is 5.82 Å². The van der Waals surface area contributed by atoms with E-state index in [1.807, 2.05) is 42.5 Å². The molecule has 2 heterocycles. The minimum absolute atomic E-state index is 0.225. The van der Waals surface area contributed by atoms with E-state index in [4.69, 9.17) is 9.47 Å². The Morgan fingerprint density at radius 1 is 1.25 bits per heavy atom. The number of hydrogen-bond acceptors (Lipinski definition) is 6. The van der Waals surface area contributed by atoms with Gasteiger partial charge in [-0.2, -0.15) is 0 Å². The van der Waals surface area contributed by atoms with Crippen LogP contribution in [-0.4, -0.2) is 33.5 Å². The molecule has 0 spiro atoms. The summed E-state index contributed by atoms with van der Waals surface area (Å²) >= 11 is 0. The van der Waals surface area contributed by atoms with Crippen molar-refractivity contribution in [3.05, 3.63) is 76.0 Å². The van der Waals surface area contributed by atoms with Crippen molar-refractivity contribution in [1.29, 1.82) is 0 Å². The van der Waals surface area contributed by atoms with E-state index in [1.54, 1.807) is 10.6 Å². The first-order valence-corrected chi connectivity index (χ1v) is 8.73. The number of imidazole rings is 1. The molecule has 28 heavy (non-hydrogen) atoms. The van der Waals surface area contributed by atoms with Gasteiger partial charge in [0.2, 0.25) is 0 Å². The Labute approximate surface area is 160 Å². The number of rotatable bonds is 6. The van der Waals surface area contributed by atoms with Crippen LogP contribution in [0.2, 0.25) is 0 Å². The summed E-state index contributed by atoms with van der Waals surface area (Å²) in [5.74, 6) is -0.234. The van der Waals surface area contributed by atoms with Crippen molar-refractivity contribution in [2.45, 2.75) is 19.3 Å². The predicted molar refractivity (Wildman–Crippen MR) is 100 cm³/mol. The number of ether oxygens (including phenoxy) is 2. The zero-order valence-corrected chi connectivity index (χ0v) is 14.9. The summed E-state index contributed by atoms with van der Waals surface area (Å²) in [6.45, 7) is 1.12. The highest BCUT2D eigenvalue weighted by Gasteiger charge is 2.28. The van der Waals surface area contributed by atoms with E-state index >= 15 is 0 Å². The molecule has 0 aliphatic carbocycles. The van der Waals surface area contributed by atoms with E-state index in [-0.39, 0.29) is 17.9 Å². The summed E-state index contributed by atoms with van der Waals surface area (Å²) < 4.78 is 12.9. The fourth-order valence-corrected chi connectivity index (χ4v) is 3.12. The van der Waals surface area contributed by atoms with Gasteiger partial charge in [0, 0.05) is 10.5 Å². The van der Waals surface area contributed by atoms with E-state index in [0.29, 0.717) is 25.3 Å². The maximum atomic E-state index is 11.2. The van der Waals surface area contributed by atoms with Crippen LogP contribution in [0.1, 0.15) is 15.9 Å². The molecule has 1 aromatic heterocycles. The average Bonchev–Trinajstić information content (AvgIpc) is 3.16. The van der Waals surface area contributed by atoms with Gasteiger partial charge in [0.1, 0.15) is 18.9 Å². The Bertz CT molecular complexity index is 1010. The fourth-order valence-electron chi connectivity index (χ4n) is 3.12. The number of nitrogens with zero attached hydrogens (tertiary/aromatic N) is 3. The van der Waals surface area contributed by atoms with E-state index in [1.165, 1.54) is 6.20 Å². The lowest BCUT2D eigenvalue weighted by Crippen LogP contribution is -2.32. The number of aldehydes is 1. The highest BCUT2D eigenvalue weighted by molar-refractivity contribution is 5.87. The molecule has 4 rings (SSSR count). The average molecular weight is 379 g/mol. The molecule has 0 saturated heterocycles. The molecular formula is C20H17N3O5. The van der Waals surface area contributed by atoms with E-state index in [2.05, 4.69) is 4.98 Å². The highest BCUT2D eigenvalue weighted by Crippen LogP contribution is 2.25. The predicted octanol–water partition coefficient (Wildman–Crippen LogP) is 3.25. The van der Waals surface area contributed by atoms with Gasteiger partial charge in [0.05, 0.1) is 13.2 Å². The van der Waals surface area contributed by atoms with Gasteiger partial charge < -0.3 is 19.6 Å². The summed E-state index contributed by atoms with van der Waals surface area (Å²) in [5, 5.41) is 10.8. The molecule has 0 saturated carbocycles. The third kappa shape index (κ3) is 3.63. The van der Waals surface area contributed by atoms with E-state index in [9.17, 15) is 14.9 Å². The summed E-state index contributed by atoms with van der Waals surface area (Å²) in [7, 11) is 0. The monoisotopic (exact) mass is 379 g/mol. The van der Waals surface area contributed by atoms with Crippen molar-refractivity contribution in [2.24, 2.45) is 0 Å². The number of nitro groups is 1. The lowest BCUT2D eigenvalue weighted by molar-refractivity contribution is -0.389. The second kappa shape index (κ2) is 7.61. The van der Waals surface area contributed by atoms with Crippen molar-refractivity contribution < 1.29 is 19.2 Å². The number of carbonyl (C=O) groups excluding carboxylic acids is 1. The summed E-state index contributed by atoms with van der Waals surface area (Å²) in [6.07, 6.45) is 1.98. The van der Waals surface area contributed by atoms with Crippen LogP contribution in [0, 0.1) is 10.1 Å². The molecule has 0 radical (unpaired) electrons. The molecule has 0 unspecified atom stereocenters. The summed E-state index contributed by atoms with van der Waals surface area (Å²) in [6, 6.07) is 15.5. The zero-order chi connectivity index (χ0) is 19.5. The molecule has 8 nitrogen and oxygen atoms in total. The van der Waals surface area contributed by atoms with Crippen LogP contribution in [-0.2, 0) is 17.9 Å². The van der Waals surface area contributed by atoms with Gasteiger partial charge in [0.15, 0.2) is 6.29 Å². The first-order valence-electron chi connectivity index (χ1n) is 8.73. The lowest BCUT2D eigenvalue weighted by Gasteiger charge is -2.22. The third-order valence-electron chi connectivity index (χ3n) is 4.55. The van der Waals surface area contributed by atoms with Crippen LogP contribution in [0.5, 0.6) is 6.01 Å². The van der Waals surface area contributed by atoms with Crippen LogP contribution in [0.25, 0.3) is 11.1 Å². The maximum absolute atomic E-state index is 11.2. The SMILES string of the molecule is O=Cc1ccccc1-c1ccc(CO[C@@H]2COc3nc([N+](=O)[O-])cn3C2)cc1. The zero-order valence-electron chi connectivity index (χ0n) is 14.9. The van der Waals surface area contributed by atoms with E-state index in [0.717, 1.165) is 23.0 Å². The van der Waals surface area contributed by atoms with Gasteiger partial charge in [-0.05, 0) is 21.6 Å². The molecule has 1 aliphatic rings. The molecule has 3 aromatic rings. The van der Waals surface area contributed by atoms with Crippen LogP contribution in [0.15, 0.2) is 54.7 Å². The van der Waals surface area contributed by atoms with Gasteiger partial charge >= 0.3 is 11.8 Å². The summed E-state index contributed by atoms with van der Waals surface area (Å²) in [4.78, 5) is 25.3. The maximum Gasteiger partial charge on any atom is 0.414 e. The minimum Gasteiger partial charge on any atom is -0.443 e. The van der Waals surface area contributed by atoms with Crippen LogP contribution >= 0.6 is 0 Å². The van der Waals surface area contributed by atoms with E-state index < -0.39 is 4.92 Å². The molecule has 1 aliphatic heterocycles. The smallest absolute Gasteiger partial charge is 0.414 e. The van der Waals surface area contributed by atoms with Crippen molar-refractivity contribution in [1.82, 2.24) is 9.55 Å². The largest absolute Gasteiger partial charge is 0.443 e. The van der Waals surface area contributed by atoms with Crippen LogP contribution < -0.4 is 4.74 Å². The molecule has 0 amide bonds. The van der Waals surface area contributed by atoms with Gasteiger partial charge in [-0.25, -0.2) is 0 Å². The number of carbonyl (C=O) groups is 1. The molecule has 1 atom stereocenters. The first-order chi connectivity index (χ1) is 13.6. The second-order valence-electron chi connectivity index (χ2n) is 6.44. The quantitative estimate of drug-likeness (QED) is 0.371. The van der Waals surface area contributed by atoms with Crippen molar-refractivity contribution in [3.8, 4) is 17.1 Å². The highest BCUT2D eigenvalue weighted by atomic mass is 16.6. The van der Waals surface area contributed by atoms with Gasteiger partial charge in [-0.1, -0.05) is 48.5 Å². The number of aromatic nitrogens is 2. The van der Waals surface area contributed by atoms with Crippen LogP contribution in [0.3, 0.4) is 0 Å². The Morgan fingerprint density at radius 2 is 2.04 bits per heavy atom. The Balaban J connectivity index is 1.39. The molecule has 0 bridgehead atoms. The topological polar surface area (TPSA) is 96.5 Å². The number of hydrogen-bond donors (Lipinski definition) is 0. The lowest BCUT2D eigenvalue weighted by atomic mass is 9.99. The van der Waals surface area contributed by atoms with Crippen molar-refractivity contribution in [3.63, 3.8) is 0 Å². The molecule has 0 N–H and O–H groups in total. The molecule has 8 heteroatoms. The Kier molecular flexibility index (Phi) is 4.86. The van der Waals surface area contributed by atoms with Gasteiger partial charge in [-0.15, -0.1) is 0 Å². The van der Waals surface area contributed by atoms with Gasteiger partial charge in [-0.3, -0.25) is 9.36 Å². The number of fused-ring (bicyclic) bond motifs is 1. The fraction of sp³-hybridized carbons (Fsp3) is 0.200. The molecule has 0 fully saturated rings. The standard InChI is InChI=1S/C20H17N3O5/c24-11-16-3-1-2-4-18(16)15-7-5-14(6-8-15)12-27-17-9-22-10-19(23(25)26)21-20(22)28-13-17/h1-8,10-11,17H,9,12-13H2/t17-/m0/s1. The molecular weight excluding hydrogens is 362 g/mol. The number of benzene rings is 2. The van der Waals surface area contributed by atoms with Gasteiger partial charge in [0.25, 0.3) is 0 Å². The summed E-state index contributed by atoms with van der Waals surface area (Å²) in [5.41, 5.74) is 3.48. The minimum atomic E-state index is -0.547. The normalized spacial score (nSPS) is 15.5. The molecule has 2 aromatic carbocycles. The van der Waals surface area contributed by atoms with Crippen molar-refractivity contribution in [2.75, 3.05) is 6.61 Å². The first kappa shape index (κ1) is 17.9. The second-order valence-corrected chi connectivity index (χ2v) is 6.44. The molecule has 142 valence electrons. The Hall–Kier alpha value is -3.52. The van der Waals surface area contributed by atoms with Crippen molar-refractivity contribution >= 4 is 12.1 Å².